The van der Waals surface area contributed by atoms with Gasteiger partial charge in [-0.1, -0.05) is 23.4 Å². The lowest BCUT2D eigenvalue weighted by molar-refractivity contribution is -0.137. The summed E-state index contributed by atoms with van der Waals surface area (Å²) >= 11 is 0. The fraction of sp³-hybridized carbons (Fsp3) is 0.211. The number of imide groups is 1. The van der Waals surface area contributed by atoms with Gasteiger partial charge in [-0.15, -0.1) is 0 Å². The maximum atomic E-state index is 12.9. The van der Waals surface area contributed by atoms with Crippen LogP contribution in [0.25, 0.3) is 11.4 Å². The molecule has 1 aromatic carbocycles. The van der Waals surface area contributed by atoms with E-state index in [1.807, 2.05) is 0 Å². The number of hydrogen-bond acceptors (Lipinski definition) is 6. The van der Waals surface area contributed by atoms with Crippen LogP contribution in [0.3, 0.4) is 0 Å². The number of aromatic nitrogens is 3. The van der Waals surface area contributed by atoms with Crippen LogP contribution in [0.2, 0.25) is 0 Å². The number of carbonyl (C=O) groups excluding carboxylic acids is 2. The smallest absolute Gasteiger partial charge is 0.337 e. The molecule has 3 aromatic rings. The van der Waals surface area contributed by atoms with Crippen LogP contribution in [0.15, 0.2) is 53.2 Å². The third kappa shape index (κ3) is 3.38. The lowest BCUT2D eigenvalue weighted by atomic mass is 9.97. The van der Waals surface area contributed by atoms with Gasteiger partial charge in [-0.25, -0.2) is 4.79 Å². The molecule has 30 heavy (non-hydrogen) atoms. The van der Waals surface area contributed by atoms with E-state index in [1.54, 1.807) is 18.2 Å². The minimum Gasteiger partial charge on any atom is -0.337 e. The molecular weight excluding hydrogens is 403 g/mol. The summed E-state index contributed by atoms with van der Waals surface area (Å²) < 4.78 is 43.1. The fourth-order valence-electron chi connectivity index (χ4n) is 3.05. The van der Waals surface area contributed by atoms with Crippen molar-refractivity contribution in [3.63, 3.8) is 0 Å². The van der Waals surface area contributed by atoms with Crippen molar-refractivity contribution in [2.24, 2.45) is 0 Å². The average molecular weight is 417 g/mol. The highest BCUT2D eigenvalue weighted by molar-refractivity contribution is 6.06. The van der Waals surface area contributed by atoms with Gasteiger partial charge in [0.25, 0.3) is 5.91 Å². The second-order valence-corrected chi connectivity index (χ2v) is 6.75. The van der Waals surface area contributed by atoms with Crippen LogP contribution in [0, 0.1) is 0 Å². The molecule has 0 spiro atoms. The number of hydrogen-bond donors (Lipinski definition) is 1. The topological polar surface area (TPSA) is 101 Å². The van der Waals surface area contributed by atoms with Crippen molar-refractivity contribution in [2.75, 3.05) is 0 Å². The first kappa shape index (κ1) is 19.6. The minimum absolute atomic E-state index is 0.0401. The number of urea groups is 1. The Morgan fingerprint density at radius 3 is 2.50 bits per heavy atom. The monoisotopic (exact) mass is 417 g/mol. The molecule has 1 fully saturated rings. The van der Waals surface area contributed by atoms with E-state index >= 15 is 0 Å². The Balaban J connectivity index is 1.53. The number of benzene rings is 1. The number of nitrogens with zero attached hydrogens (tertiary/aromatic N) is 4. The van der Waals surface area contributed by atoms with Crippen molar-refractivity contribution < 1.29 is 27.3 Å². The van der Waals surface area contributed by atoms with E-state index in [-0.39, 0.29) is 18.3 Å². The summed E-state index contributed by atoms with van der Waals surface area (Å²) in [6.07, 6.45) is -2.94. The molecule has 1 unspecified atom stereocenters. The molecule has 3 amide bonds. The molecule has 0 bridgehead atoms. The van der Waals surface area contributed by atoms with Gasteiger partial charge in [0, 0.05) is 11.8 Å². The predicted molar refractivity (Wildman–Crippen MR) is 95.4 cm³/mol. The van der Waals surface area contributed by atoms with Crippen LogP contribution in [-0.4, -0.2) is 32.0 Å². The van der Waals surface area contributed by atoms with Crippen molar-refractivity contribution in [1.29, 1.82) is 0 Å². The zero-order valence-corrected chi connectivity index (χ0v) is 15.5. The number of halogens is 3. The van der Waals surface area contributed by atoms with Gasteiger partial charge >= 0.3 is 12.2 Å². The molecule has 4 rings (SSSR count). The van der Waals surface area contributed by atoms with Gasteiger partial charge in [0.1, 0.15) is 6.54 Å². The van der Waals surface area contributed by atoms with E-state index in [4.69, 9.17) is 4.52 Å². The first-order valence-electron chi connectivity index (χ1n) is 8.74. The summed E-state index contributed by atoms with van der Waals surface area (Å²) in [6, 6.07) is 8.59. The van der Waals surface area contributed by atoms with E-state index in [0.717, 1.165) is 17.0 Å². The molecule has 1 saturated heterocycles. The Labute approximate surface area is 167 Å². The number of rotatable bonds is 4. The van der Waals surface area contributed by atoms with E-state index in [1.165, 1.54) is 25.3 Å². The van der Waals surface area contributed by atoms with Crippen molar-refractivity contribution in [1.82, 2.24) is 25.3 Å². The summed E-state index contributed by atoms with van der Waals surface area (Å²) in [5.74, 6) is -0.544. The molecular formula is C19H14F3N5O3. The van der Waals surface area contributed by atoms with Gasteiger partial charge in [-0.3, -0.25) is 14.7 Å². The zero-order chi connectivity index (χ0) is 21.5. The second-order valence-electron chi connectivity index (χ2n) is 6.75. The Hall–Kier alpha value is -3.76. The van der Waals surface area contributed by atoms with Crippen LogP contribution in [-0.2, 0) is 23.1 Å². The van der Waals surface area contributed by atoms with E-state index in [2.05, 4.69) is 20.4 Å². The van der Waals surface area contributed by atoms with Gasteiger partial charge in [0.05, 0.1) is 11.3 Å². The molecule has 0 aliphatic carbocycles. The summed E-state index contributed by atoms with van der Waals surface area (Å²) in [5, 5.41) is 6.32. The molecule has 154 valence electrons. The van der Waals surface area contributed by atoms with Gasteiger partial charge in [0.2, 0.25) is 11.7 Å². The largest absolute Gasteiger partial charge is 0.416 e. The first-order chi connectivity index (χ1) is 14.2. The SMILES string of the molecule is CC1(c2ccccn2)NC(=O)N(Cc2nc(-c3ccc(C(F)(F)F)cc3)no2)C1=O. The Morgan fingerprint density at radius 1 is 1.13 bits per heavy atom. The van der Waals surface area contributed by atoms with Crippen LogP contribution in [0.5, 0.6) is 0 Å². The number of amides is 3. The first-order valence-corrected chi connectivity index (χ1v) is 8.74. The van der Waals surface area contributed by atoms with Crippen molar-refractivity contribution >= 4 is 11.9 Å². The van der Waals surface area contributed by atoms with Gasteiger partial charge < -0.3 is 9.84 Å². The van der Waals surface area contributed by atoms with E-state index in [0.29, 0.717) is 11.3 Å². The quantitative estimate of drug-likeness (QED) is 0.655. The zero-order valence-electron chi connectivity index (χ0n) is 15.5. The summed E-state index contributed by atoms with van der Waals surface area (Å²) in [7, 11) is 0. The highest BCUT2D eigenvalue weighted by Crippen LogP contribution is 2.31. The summed E-state index contributed by atoms with van der Waals surface area (Å²) in [6.45, 7) is 1.25. The number of nitrogens with one attached hydrogen (secondary N) is 1. The van der Waals surface area contributed by atoms with Crippen molar-refractivity contribution in [2.45, 2.75) is 25.2 Å². The molecule has 3 heterocycles. The van der Waals surface area contributed by atoms with E-state index < -0.39 is 29.2 Å². The highest BCUT2D eigenvalue weighted by atomic mass is 19.4. The predicted octanol–water partition coefficient (Wildman–Crippen LogP) is 3.12. The average Bonchev–Trinajstić information content (AvgIpc) is 3.27. The third-order valence-electron chi connectivity index (χ3n) is 4.68. The molecule has 11 heteroatoms. The second kappa shape index (κ2) is 6.94. The highest BCUT2D eigenvalue weighted by Gasteiger charge is 2.50. The lowest BCUT2D eigenvalue weighted by Crippen LogP contribution is -2.41. The van der Waals surface area contributed by atoms with Crippen LogP contribution in [0.1, 0.15) is 24.1 Å². The normalized spacial score (nSPS) is 19.3. The van der Waals surface area contributed by atoms with Gasteiger partial charge in [-0.2, -0.15) is 18.2 Å². The molecule has 0 saturated carbocycles. The number of alkyl halides is 3. The minimum atomic E-state index is -4.45. The van der Waals surface area contributed by atoms with Crippen LogP contribution in [0.4, 0.5) is 18.0 Å². The van der Waals surface area contributed by atoms with Crippen molar-refractivity contribution in [3.05, 3.63) is 65.8 Å². The summed E-state index contributed by atoms with van der Waals surface area (Å²) in [5.41, 5.74) is -1.47. The maximum absolute atomic E-state index is 12.9. The number of carbonyl (C=O) groups is 2. The van der Waals surface area contributed by atoms with Crippen molar-refractivity contribution in [3.8, 4) is 11.4 Å². The van der Waals surface area contributed by atoms with Crippen LogP contribution >= 0.6 is 0 Å². The fourth-order valence-corrected chi connectivity index (χ4v) is 3.05. The van der Waals surface area contributed by atoms with Gasteiger partial charge in [0.15, 0.2) is 5.54 Å². The molecule has 1 aliphatic rings. The van der Waals surface area contributed by atoms with E-state index in [9.17, 15) is 22.8 Å². The third-order valence-corrected chi connectivity index (χ3v) is 4.68. The lowest BCUT2D eigenvalue weighted by Gasteiger charge is -2.20. The Morgan fingerprint density at radius 2 is 1.87 bits per heavy atom. The molecule has 8 nitrogen and oxygen atoms in total. The Bertz CT molecular complexity index is 1100. The maximum Gasteiger partial charge on any atom is 0.416 e. The van der Waals surface area contributed by atoms with Crippen LogP contribution < -0.4 is 5.32 Å². The molecule has 2 aromatic heterocycles. The summed E-state index contributed by atoms with van der Waals surface area (Å²) in [4.78, 5) is 34.3. The Kier molecular flexibility index (Phi) is 4.52. The standard InChI is InChI=1S/C19H14F3N5O3/c1-18(13-4-2-3-9-23-13)16(28)27(17(29)25-18)10-14-24-15(26-30-14)11-5-7-12(8-6-11)19(20,21)22/h2-9H,10H2,1H3,(H,25,29). The molecule has 1 aliphatic heterocycles. The molecule has 0 radical (unpaired) electrons. The molecule has 1 N–H and O–H groups in total. The molecule has 1 atom stereocenters. The van der Waals surface area contributed by atoms with Gasteiger partial charge in [-0.05, 0) is 31.2 Å². The number of pyridine rings is 1.